The molecule has 0 amide bonds. The number of aromatic nitrogens is 2. The zero-order chi connectivity index (χ0) is 17.2. The number of benzene rings is 1. The van der Waals surface area contributed by atoms with Gasteiger partial charge in [0.25, 0.3) is 0 Å². The van der Waals surface area contributed by atoms with Gasteiger partial charge in [-0.2, -0.15) is 0 Å². The van der Waals surface area contributed by atoms with Gasteiger partial charge in [0.15, 0.2) is 9.84 Å². The van der Waals surface area contributed by atoms with E-state index in [-0.39, 0.29) is 0 Å². The number of hydrogen-bond donors (Lipinski definition) is 1. The van der Waals surface area contributed by atoms with Crippen LogP contribution in [0.4, 0.5) is 5.82 Å². The van der Waals surface area contributed by atoms with Crippen LogP contribution in [0.5, 0.6) is 0 Å². The molecule has 1 fully saturated rings. The lowest BCUT2D eigenvalue weighted by Gasteiger charge is -2.16. The van der Waals surface area contributed by atoms with Crippen LogP contribution < -0.4 is 5.32 Å². The van der Waals surface area contributed by atoms with Gasteiger partial charge in [0, 0.05) is 24.7 Å². The average Bonchev–Trinajstić information content (AvgIpc) is 2.99. The third kappa shape index (κ3) is 3.84. The molecule has 2 heterocycles. The molecule has 1 atom stereocenters. The maximum Gasteiger partial charge on any atom is 0.175 e. The van der Waals surface area contributed by atoms with E-state index in [4.69, 9.17) is 0 Å². The van der Waals surface area contributed by atoms with Gasteiger partial charge in [0.2, 0.25) is 0 Å². The summed E-state index contributed by atoms with van der Waals surface area (Å²) in [6.45, 7) is 6.47. The Morgan fingerprint density at radius 3 is 2.92 bits per heavy atom. The van der Waals surface area contributed by atoms with Crippen molar-refractivity contribution < 1.29 is 8.42 Å². The number of nitrogens with one attached hydrogen (secondary N) is 1. The minimum atomic E-state index is -3.25. The van der Waals surface area contributed by atoms with Crippen molar-refractivity contribution in [1.82, 2.24) is 14.9 Å². The molecule has 7 heteroatoms. The van der Waals surface area contributed by atoms with Gasteiger partial charge in [-0.1, -0.05) is 6.92 Å². The van der Waals surface area contributed by atoms with Gasteiger partial charge >= 0.3 is 0 Å². The molecule has 0 saturated carbocycles. The highest BCUT2D eigenvalue weighted by atomic mass is 32.2. The summed E-state index contributed by atoms with van der Waals surface area (Å²) >= 11 is 0. The summed E-state index contributed by atoms with van der Waals surface area (Å²) in [5, 5.41) is 4.15. The molecule has 0 radical (unpaired) electrons. The Kier molecular flexibility index (Phi) is 5.01. The molecule has 0 bridgehead atoms. The molecule has 1 N–H and O–H groups in total. The van der Waals surface area contributed by atoms with Crippen molar-refractivity contribution in [2.75, 3.05) is 37.8 Å². The summed E-state index contributed by atoms with van der Waals surface area (Å²) in [7, 11) is -3.25. The predicted octanol–water partition coefficient (Wildman–Crippen LogP) is 2.18. The fourth-order valence-electron chi connectivity index (χ4n) is 3.25. The minimum absolute atomic E-state index is 0.294. The van der Waals surface area contributed by atoms with E-state index in [0.717, 1.165) is 37.1 Å². The Bertz CT molecular complexity index is 822. The standard InChI is InChI=1S/C17H24N4O2S/c1-3-7-21-8-6-13(11-21)10-18-17-15-9-14(24(2,22)23)4-5-16(15)19-12-20-17/h4-5,9,12-13H,3,6-8,10-11H2,1-2H3,(H,18,19,20)/t13-/m0/s1. The number of rotatable bonds is 6. The average molecular weight is 348 g/mol. The zero-order valence-corrected chi connectivity index (χ0v) is 15.0. The summed E-state index contributed by atoms with van der Waals surface area (Å²) in [6.07, 6.45) is 5.10. The van der Waals surface area contributed by atoms with Crippen LogP contribution in [0.3, 0.4) is 0 Å². The number of nitrogens with zero attached hydrogens (tertiary/aromatic N) is 3. The largest absolute Gasteiger partial charge is 0.369 e. The monoisotopic (exact) mass is 348 g/mol. The third-order valence-corrected chi connectivity index (χ3v) is 5.61. The second-order valence-electron chi connectivity index (χ2n) is 6.51. The van der Waals surface area contributed by atoms with Crippen molar-refractivity contribution in [2.24, 2.45) is 5.92 Å². The van der Waals surface area contributed by atoms with Crippen molar-refractivity contribution in [3.63, 3.8) is 0 Å². The number of anilines is 1. The molecule has 6 nitrogen and oxygen atoms in total. The maximum absolute atomic E-state index is 11.8. The fraction of sp³-hybridized carbons (Fsp3) is 0.529. The van der Waals surface area contributed by atoms with Crippen LogP contribution in [0.1, 0.15) is 19.8 Å². The summed E-state index contributed by atoms with van der Waals surface area (Å²) in [4.78, 5) is 11.3. The van der Waals surface area contributed by atoms with E-state index >= 15 is 0 Å². The molecule has 1 aromatic carbocycles. The van der Waals surface area contributed by atoms with E-state index in [0.29, 0.717) is 16.6 Å². The van der Waals surface area contributed by atoms with Gasteiger partial charge in [-0.15, -0.1) is 0 Å². The molecule has 130 valence electrons. The van der Waals surface area contributed by atoms with Crippen LogP contribution in [-0.4, -0.2) is 55.7 Å². The van der Waals surface area contributed by atoms with Crippen LogP contribution >= 0.6 is 0 Å². The van der Waals surface area contributed by atoms with Gasteiger partial charge in [0.1, 0.15) is 12.1 Å². The first kappa shape index (κ1) is 17.1. The van der Waals surface area contributed by atoms with Crippen molar-refractivity contribution in [3.8, 4) is 0 Å². The Morgan fingerprint density at radius 1 is 1.33 bits per heavy atom. The van der Waals surface area contributed by atoms with Gasteiger partial charge in [-0.3, -0.25) is 0 Å². The molecular formula is C17H24N4O2S. The second-order valence-corrected chi connectivity index (χ2v) is 8.53. The van der Waals surface area contributed by atoms with Gasteiger partial charge in [-0.05, 0) is 50.0 Å². The maximum atomic E-state index is 11.8. The molecule has 1 aromatic heterocycles. The number of fused-ring (bicyclic) bond motifs is 1. The molecule has 0 aliphatic carbocycles. The summed E-state index contributed by atoms with van der Waals surface area (Å²) in [5.74, 6) is 1.30. The molecule has 0 unspecified atom stereocenters. The lowest BCUT2D eigenvalue weighted by Crippen LogP contribution is -2.23. The zero-order valence-electron chi connectivity index (χ0n) is 14.2. The summed E-state index contributed by atoms with van der Waals surface area (Å²) in [6, 6.07) is 4.98. The first-order valence-electron chi connectivity index (χ1n) is 8.38. The molecule has 1 aliphatic rings. The van der Waals surface area contributed by atoms with Crippen molar-refractivity contribution in [3.05, 3.63) is 24.5 Å². The van der Waals surface area contributed by atoms with E-state index in [1.807, 2.05) is 0 Å². The summed E-state index contributed by atoms with van der Waals surface area (Å²) < 4.78 is 23.6. The number of hydrogen-bond acceptors (Lipinski definition) is 6. The van der Waals surface area contributed by atoms with E-state index in [9.17, 15) is 8.42 Å². The Labute approximate surface area is 143 Å². The van der Waals surface area contributed by atoms with Crippen molar-refractivity contribution >= 4 is 26.6 Å². The van der Waals surface area contributed by atoms with E-state index in [1.54, 1.807) is 18.2 Å². The Hall–Kier alpha value is -1.73. The highest BCUT2D eigenvalue weighted by Crippen LogP contribution is 2.24. The molecular weight excluding hydrogens is 324 g/mol. The molecule has 2 aromatic rings. The molecule has 24 heavy (non-hydrogen) atoms. The predicted molar refractivity (Wildman–Crippen MR) is 96.0 cm³/mol. The lowest BCUT2D eigenvalue weighted by molar-refractivity contribution is 0.327. The molecule has 1 saturated heterocycles. The molecule has 0 spiro atoms. The number of sulfone groups is 1. The molecule has 1 aliphatic heterocycles. The van der Waals surface area contributed by atoms with E-state index in [1.165, 1.54) is 25.4 Å². The second kappa shape index (κ2) is 7.03. The Morgan fingerprint density at radius 2 is 2.17 bits per heavy atom. The fourth-order valence-corrected chi connectivity index (χ4v) is 3.89. The van der Waals surface area contributed by atoms with Gasteiger partial charge in [0.05, 0.1) is 10.4 Å². The minimum Gasteiger partial charge on any atom is -0.369 e. The quantitative estimate of drug-likeness (QED) is 0.862. The van der Waals surface area contributed by atoms with Gasteiger partial charge < -0.3 is 10.2 Å². The molecule has 3 rings (SSSR count). The third-order valence-electron chi connectivity index (χ3n) is 4.50. The smallest absolute Gasteiger partial charge is 0.175 e. The highest BCUT2D eigenvalue weighted by molar-refractivity contribution is 7.90. The van der Waals surface area contributed by atoms with Crippen LogP contribution in [0.15, 0.2) is 29.4 Å². The van der Waals surface area contributed by atoms with Crippen LogP contribution in [0.25, 0.3) is 10.9 Å². The Balaban J connectivity index is 1.77. The van der Waals surface area contributed by atoms with E-state index < -0.39 is 9.84 Å². The first-order chi connectivity index (χ1) is 11.5. The number of likely N-dealkylation sites (tertiary alicyclic amines) is 1. The normalized spacial score (nSPS) is 19.0. The van der Waals surface area contributed by atoms with Crippen LogP contribution in [0, 0.1) is 5.92 Å². The van der Waals surface area contributed by atoms with Crippen molar-refractivity contribution in [1.29, 1.82) is 0 Å². The topological polar surface area (TPSA) is 75.2 Å². The van der Waals surface area contributed by atoms with Gasteiger partial charge in [-0.25, -0.2) is 18.4 Å². The highest BCUT2D eigenvalue weighted by Gasteiger charge is 2.21. The van der Waals surface area contributed by atoms with Crippen LogP contribution in [-0.2, 0) is 9.84 Å². The van der Waals surface area contributed by atoms with E-state index in [2.05, 4.69) is 27.1 Å². The first-order valence-corrected chi connectivity index (χ1v) is 10.3. The lowest BCUT2D eigenvalue weighted by atomic mass is 10.1. The van der Waals surface area contributed by atoms with Crippen molar-refractivity contribution in [2.45, 2.75) is 24.7 Å². The SMILES string of the molecule is CCCN1CC[C@@H](CNc2ncnc3ccc(S(C)(=O)=O)cc23)C1. The summed E-state index contributed by atoms with van der Waals surface area (Å²) in [5.41, 5.74) is 0.749. The van der Waals surface area contributed by atoms with Crippen LogP contribution in [0.2, 0.25) is 0 Å².